The first-order valence-electron chi connectivity index (χ1n) is 6.04. The maximum Gasteiger partial charge on any atom is 0.243 e. The maximum atomic E-state index is 13.3. The third kappa shape index (κ3) is 4.69. The lowest BCUT2D eigenvalue weighted by atomic mass is 9.96. The van der Waals surface area contributed by atoms with Crippen LogP contribution in [0.2, 0.25) is 0 Å². The summed E-state index contributed by atoms with van der Waals surface area (Å²) in [5.74, 6) is -0.977. The Kier molecular flexibility index (Phi) is 4.64. The number of hydrogen-bond acceptors (Lipinski definition) is 2. The number of halogens is 1. The molecule has 0 heterocycles. The van der Waals surface area contributed by atoms with Gasteiger partial charge in [-0.25, -0.2) is 4.39 Å². The summed E-state index contributed by atoms with van der Waals surface area (Å²) in [5, 5.41) is 5.05. The molecule has 4 nitrogen and oxygen atoms in total. The lowest BCUT2D eigenvalue weighted by Crippen LogP contribution is -2.39. The van der Waals surface area contributed by atoms with Crippen molar-refractivity contribution < 1.29 is 14.0 Å². The number of amides is 2. The molecule has 5 heteroatoms. The van der Waals surface area contributed by atoms with Crippen LogP contribution in [0.5, 0.6) is 0 Å². The molecule has 2 N–H and O–H groups in total. The van der Waals surface area contributed by atoms with Crippen molar-refractivity contribution in [2.75, 3.05) is 11.9 Å². The minimum atomic E-state index is -0.545. The van der Waals surface area contributed by atoms with Crippen LogP contribution >= 0.6 is 0 Å². The quantitative estimate of drug-likeness (QED) is 0.881. The third-order valence-electron chi connectivity index (χ3n) is 2.55. The molecule has 0 spiro atoms. The molecule has 0 saturated carbocycles. The number of rotatable bonds is 3. The average Bonchev–Trinajstić information content (AvgIpc) is 2.29. The van der Waals surface area contributed by atoms with Crippen LogP contribution in [0, 0.1) is 18.2 Å². The van der Waals surface area contributed by atoms with Gasteiger partial charge in [-0.2, -0.15) is 0 Å². The number of carbonyl (C=O) groups is 2. The predicted octanol–water partition coefficient (Wildman–Crippen LogP) is 2.23. The molecule has 1 aromatic carbocycles. The summed E-state index contributed by atoms with van der Waals surface area (Å²) in [6.45, 7) is 6.79. The van der Waals surface area contributed by atoms with E-state index in [9.17, 15) is 14.0 Å². The highest BCUT2D eigenvalue weighted by Gasteiger charge is 2.21. The van der Waals surface area contributed by atoms with Gasteiger partial charge < -0.3 is 10.6 Å². The fourth-order valence-corrected chi connectivity index (χ4v) is 1.30. The van der Waals surface area contributed by atoms with E-state index < -0.39 is 5.41 Å². The molecule has 0 aliphatic rings. The van der Waals surface area contributed by atoms with Gasteiger partial charge in [0.15, 0.2) is 0 Å². The van der Waals surface area contributed by atoms with Crippen molar-refractivity contribution in [2.24, 2.45) is 5.41 Å². The Morgan fingerprint density at radius 2 is 1.89 bits per heavy atom. The van der Waals surface area contributed by atoms with Gasteiger partial charge in [-0.1, -0.05) is 26.8 Å². The van der Waals surface area contributed by atoms with E-state index in [0.717, 1.165) is 0 Å². The average molecular weight is 266 g/mol. The van der Waals surface area contributed by atoms with Crippen LogP contribution in [0.4, 0.5) is 10.1 Å². The molecule has 0 aliphatic heterocycles. The van der Waals surface area contributed by atoms with Crippen molar-refractivity contribution in [1.29, 1.82) is 0 Å². The Balaban J connectivity index is 2.52. The van der Waals surface area contributed by atoms with Gasteiger partial charge in [-0.05, 0) is 24.6 Å². The molecule has 0 aromatic heterocycles. The van der Waals surface area contributed by atoms with Crippen LogP contribution in [0.15, 0.2) is 18.2 Å². The van der Waals surface area contributed by atoms with E-state index >= 15 is 0 Å². The molecule has 0 fully saturated rings. The maximum absolute atomic E-state index is 13.3. The minimum absolute atomic E-state index is 0.133. The van der Waals surface area contributed by atoms with E-state index in [1.165, 1.54) is 6.07 Å². The van der Waals surface area contributed by atoms with E-state index in [-0.39, 0.29) is 24.2 Å². The van der Waals surface area contributed by atoms with E-state index in [2.05, 4.69) is 10.6 Å². The molecule has 0 radical (unpaired) electrons. The molecule has 0 bridgehead atoms. The zero-order chi connectivity index (χ0) is 14.6. The van der Waals surface area contributed by atoms with Gasteiger partial charge in [0.25, 0.3) is 0 Å². The minimum Gasteiger partial charge on any atom is -0.347 e. The van der Waals surface area contributed by atoms with Gasteiger partial charge in [0.2, 0.25) is 11.8 Å². The predicted molar refractivity (Wildman–Crippen MR) is 72.2 cm³/mol. The molecule has 19 heavy (non-hydrogen) atoms. The lowest BCUT2D eigenvalue weighted by molar-refractivity contribution is -0.130. The monoisotopic (exact) mass is 266 g/mol. The van der Waals surface area contributed by atoms with E-state index in [4.69, 9.17) is 0 Å². The van der Waals surface area contributed by atoms with Crippen molar-refractivity contribution in [1.82, 2.24) is 5.32 Å². The summed E-state index contributed by atoms with van der Waals surface area (Å²) in [5.41, 5.74) is 0.341. The third-order valence-corrected chi connectivity index (χ3v) is 2.55. The van der Waals surface area contributed by atoms with Gasteiger partial charge in [0.05, 0.1) is 6.54 Å². The lowest BCUT2D eigenvalue weighted by Gasteiger charge is -2.17. The van der Waals surface area contributed by atoms with Gasteiger partial charge in [0, 0.05) is 11.1 Å². The number of anilines is 1. The summed E-state index contributed by atoms with van der Waals surface area (Å²) in [6, 6.07) is 4.44. The molecule has 0 saturated heterocycles. The van der Waals surface area contributed by atoms with E-state index in [1.54, 1.807) is 39.8 Å². The SMILES string of the molecule is Cc1ccc(NC(=O)CNC(=O)C(C)(C)C)cc1F. The van der Waals surface area contributed by atoms with Crippen LogP contribution in [-0.4, -0.2) is 18.4 Å². The summed E-state index contributed by atoms with van der Waals surface area (Å²) < 4.78 is 13.3. The fraction of sp³-hybridized carbons (Fsp3) is 0.429. The molecule has 1 rings (SSSR count). The Hall–Kier alpha value is -1.91. The second-order valence-electron chi connectivity index (χ2n) is 5.44. The zero-order valence-electron chi connectivity index (χ0n) is 11.6. The fourth-order valence-electron chi connectivity index (χ4n) is 1.30. The number of benzene rings is 1. The normalized spacial score (nSPS) is 11.0. The number of aryl methyl sites for hydroxylation is 1. The highest BCUT2D eigenvalue weighted by molar-refractivity contribution is 5.95. The smallest absolute Gasteiger partial charge is 0.243 e. The second-order valence-corrected chi connectivity index (χ2v) is 5.44. The summed E-state index contributed by atoms with van der Waals surface area (Å²) in [4.78, 5) is 23.2. The largest absolute Gasteiger partial charge is 0.347 e. The highest BCUT2D eigenvalue weighted by Crippen LogP contribution is 2.14. The molecule has 104 valence electrons. The van der Waals surface area contributed by atoms with Gasteiger partial charge >= 0.3 is 0 Å². The topological polar surface area (TPSA) is 58.2 Å². The highest BCUT2D eigenvalue weighted by atomic mass is 19.1. The van der Waals surface area contributed by atoms with Crippen LogP contribution in [0.25, 0.3) is 0 Å². The molecule has 2 amide bonds. The molecule has 0 atom stereocenters. The van der Waals surface area contributed by atoms with Gasteiger partial charge in [0.1, 0.15) is 5.82 Å². The first-order valence-corrected chi connectivity index (χ1v) is 6.04. The molecular formula is C14H19FN2O2. The Bertz CT molecular complexity index is 493. The molecule has 0 aliphatic carbocycles. The first kappa shape index (κ1) is 15.1. The first-order chi connectivity index (χ1) is 8.70. The van der Waals surface area contributed by atoms with Crippen molar-refractivity contribution in [3.8, 4) is 0 Å². The van der Waals surface area contributed by atoms with Crippen molar-refractivity contribution in [3.05, 3.63) is 29.6 Å². The second kappa shape index (κ2) is 5.82. The van der Waals surface area contributed by atoms with Crippen molar-refractivity contribution in [2.45, 2.75) is 27.7 Å². The summed E-state index contributed by atoms with van der Waals surface area (Å²) in [7, 11) is 0. The van der Waals surface area contributed by atoms with Gasteiger partial charge in [-0.15, -0.1) is 0 Å². The number of carbonyl (C=O) groups excluding carboxylic acids is 2. The van der Waals surface area contributed by atoms with E-state index in [1.807, 2.05) is 0 Å². The van der Waals surface area contributed by atoms with Crippen molar-refractivity contribution >= 4 is 17.5 Å². The van der Waals surface area contributed by atoms with Crippen LogP contribution in [0.3, 0.4) is 0 Å². The zero-order valence-corrected chi connectivity index (χ0v) is 11.6. The van der Waals surface area contributed by atoms with Crippen LogP contribution in [-0.2, 0) is 9.59 Å². The van der Waals surface area contributed by atoms with Crippen molar-refractivity contribution in [3.63, 3.8) is 0 Å². The summed E-state index contributed by atoms with van der Waals surface area (Å²) in [6.07, 6.45) is 0. The van der Waals surface area contributed by atoms with E-state index in [0.29, 0.717) is 11.3 Å². The molecule has 1 aromatic rings. The molecule has 0 unspecified atom stereocenters. The number of nitrogens with one attached hydrogen (secondary N) is 2. The Labute approximate surface area is 112 Å². The Morgan fingerprint density at radius 1 is 1.26 bits per heavy atom. The number of hydrogen-bond donors (Lipinski definition) is 2. The van der Waals surface area contributed by atoms with Crippen LogP contribution < -0.4 is 10.6 Å². The standard InChI is InChI=1S/C14H19FN2O2/c1-9-5-6-10(7-11(9)15)17-12(18)8-16-13(19)14(2,3)4/h5-7H,8H2,1-4H3,(H,16,19)(H,17,18). The summed E-state index contributed by atoms with van der Waals surface area (Å²) >= 11 is 0. The molecular weight excluding hydrogens is 247 g/mol. The Morgan fingerprint density at radius 3 is 2.42 bits per heavy atom. The van der Waals surface area contributed by atoms with Crippen LogP contribution in [0.1, 0.15) is 26.3 Å². The van der Waals surface area contributed by atoms with Gasteiger partial charge in [-0.3, -0.25) is 9.59 Å².